The van der Waals surface area contributed by atoms with Gasteiger partial charge >= 0.3 is 0 Å². The molecule has 2 N–H and O–H groups in total. The lowest BCUT2D eigenvalue weighted by Crippen LogP contribution is -2.13. The summed E-state index contributed by atoms with van der Waals surface area (Å²) in [6.07, 6.45) is 4.18. The molecule has 6 heteroatoms. The Kier molecular flexibility index (Phi) is 4.84. The first-order chi connectivity index (χ1) is 8.04. The first kappa shape index (κ1) is 13.4. The number of nitrogens with zero attached hydrogens (tertiary/aromatic N) is 3. The smallest absolute Gasteiger partial charge is 0.250 e. The summed E-state index contributed by atoms with van der Waals surface area (Å²) >= 11 is 1.38. The molecule has 1 rings (SSSR count). The van der Waals surface area contributed by atoms with Gasteiger partial charge in [-0.15, -0.1) is 11.3 Å². The highest BCUT2D eigenvalue weighted by molar-refractivity contribution is 7.13. The molecule has 92 valence electrons. The van der Waals surface area contributed by atoms with Crippen molar-refractivity contribution in [3.8, 4) is 0 Å². The molecule has 0 bridgehead atoms. The largest absolute Gasteiger partial charge is 0.369 e. The maximum atomic E-state index is 11.2. The quantitative estimate of drug-likeness (QED) is 0.492. The van der Waals surface area contributed by atoms with Crippen LogP contribution in [0.15, 0.2) is 16.4 Å². The van der Waals surface area contributed by atoms with Crippen LogP contribution in [0.5, 0.6) is 0 Å². The average Bonchev–Trinajstić information content (AvgIpc) is 2.71. The van der Waals surface area contributed by atoms with E-state index in [1.54, 1.807) is 17.8 Å². The number of rotatable bonds is 5. The number of hydrogen-bond acceptors (Lipinski definition) is 4. The summed E-state index contributed by atoms with van der Waals surface area (Å²) in [7, 11) is 3.76. The fourth-order valence-corrected chi connectivity index (χ4v) is 1.80. The Morgan fingerprint density at radius 1 is 1.65 bits per heavy atom. The van der Waals surface area contributed by atoms with Gasteiger partial charge in [0.05, 0.1) is 17.6 Å². The van der Waals surface area contributed by atoms with Crippen LogP contribution in [0.1, 0.15) is 19.0 Å². The molecule has 0 atom stereocenters. The predicted molar refractivity (Wildman–Crippen MR) is 71.4 cm³/mol. The molecule has 5 nitrogen and oxygen atoms in total. The van der Waals surface area contributed by atoms with Crippen molar-refractivity contribution in [2.24, 2.45) is 10.7 Å². The van der Waals surface area contributed by atoms with Crippen molar-refractivity contribution in [3.63, 3.8) is 0 Å². The molecule has 0 unspecified atom stereocenters. The molecule has 0 spiro atoms. The van der Waals surface area contributed by atoms with Gasteiger partial charge in [0, 0.05) is 19.5 Å². The van der Waals surface area contributed by atoms with Crippen LogP contribution in [0.4, 0.5) is 5.13 Å². The highest BCUT2D eigenvalue weighted by atomic mass is 32.1. The molecule has 1 heterocycles. The summed E-state index contributed by atoms with van der Waals surface area (Å²) in [5.74, 6) is -0.458. The van der Waals surface area contributed by atoms with Crippen LogP contribution in [-0.4, -0.2) is 36.2 Å². The van der Waals surface area contributed by atoms with Gasteiger partial charge in [-0.25, -0.2) is 9.98 Å². The minimum absolute atomic E-state index is 0.454. The van der Waals surface area contributed by atoms with Crippen molar-refractivity contribution in [1.29, 1.82) is 0 Å². The third kappa shape index (κ3) is 3.99. The molecular formula is C11H16N4OS. The third-order valence-corrected chi connectivity index (χ3v) is 2.59. The molecule has 0 aliphatic heterocycles. The molecule has 0 saturated carbocycles. The van der Waals surface area contributed by atoms with Crippen molar-refractivity contribution < 1.29 is 4.79 Å². The Morgan fingerprint density at radius 2 is 2.35 bits per heavy atom. The Morgan fingerprint density at radius 3 is 2.88 bits per heavy atom. The number of hydrogen-bond donors (Lipinski definition) is 1. The second kappa shape index (κ2) is 6.15. The highest BCUT2D eigenvalue weighted by Gasteiger charge is 2.11. The van der Waals surface area contributed by atoms with Gasteiger partial charge in [-0.2, -0.15) is 0 Å². The minimum atomic E-state index is -0.458. The van der Waals surface area contributed by atoms with Gasteiger partial charge in [0.2, 0.25) is 5.13 Å². The van der Waals surface area contributed by atoms with E-state index in [0.717, 1.165) is 6.42 Å². The molecule has 1 amide bonds. The van der Waals surface area contributed by atoms with E-state index >= 15 is 0 Å². The zero-order valence-electron chi connectivity index (χ0n) is 10.2. The Bertz CT molecular complexity index is 448. The van der Waals surface area contributed by atoms with Crippen molar-refractivity contribution in [2.45, 2.75) is 13.3 Å². The lowest BCUT2D eigenvalue weighted by molar-refractivity contribution is -0.112. The molecule has 17 heavy (non-hydrogen) atoms. The summed E-state index contributed by atoms with van der Waals surface area (Å²) < 4.78 is 0. The Labute approximate surface area is 105 Å². The van der Waals surface area contributed by atoms with Crippen LogP contribution < -0.4 is 5.73 Å². The number of nitrogens with two attached hydrogens (primary N) is 1. The summed E-state index contributed by atoms with van der Waals surface area (Å²) in [5.41, 5.74) is 6.34. The highest BCUT2D eigenvalue weighted by Crippen LogP contribution is 2.23. The standard InChI is InChI=1S/C11H16N4OS/c1-4-5-8(10(12)16)9-6-17-11(14-9)13-7-15(2)3/h5-7H,4H2,1-3H3,(H2,12,16). The van der Waals surface area contributed by atoms with Crippen molar-refractivity contribution in [3.05, 3.63) is 17.2 Å². The maximum Gasteiger partial charge on any atom is 0.250 e. The van der Waals surface area contributed by atoms with Crippen LogP contribution in [0, 0.1) is 0 Å². The molecule has 0 radical (unpaired) electrons. The molecule has 0 aromatic carbocycles. The molecule has 0 fully saturated rings. The minimum Gasteiger partial charge on any atom is -0.369 e. The Hall–Kier alpha value is -1.69. The summed E-state index contributed by atoms with van der Waals surface area (Å²) in [6.45, 7) is 1.94. The molecule has 1 aromatic rings. The second-order valence-corrected chi connectivity index (χ2v) is 4.45. The number of allylic oxidation sites excluding steroid dienone is 1. The lowest BCUT2D eigenvalue weighted by Gasteiger charge is -2.00. The number of amides is 1. The topological polar surface area (TPSA) is 71.6 Å². The van der Waals surface area contributed by atoms with Gasteiger partial charge in [0.1, 0.15) is 0 Å². The van der Waals surface area contributed by atoms with E-state index in [1.807, 2.05) is 25.9 Å². The lowest BCUT2D eigenvalue weighted by atomic mass is 10.1. The number of carbonyl (C=O) groups is 1. The van der Waals surface area contributed by atoms with Gasteiger partial charge in [-0.3, -0.25) is 4.79 Å². The van der Waals surface area contributed by atoms with Crippen molar-refractivity contribution >= 4 is 34.3 Å². The number of thiazole rings is 1. The van der Waals surface area contributed by atoms with Crippen molar-refractivity contribution in [2.75, 3.05) is 14.1 Å². The SMILES string of the molecule is CCC=C(C(N)=O)c1csc(N=CN(C)C)n1. The van der Waals surface area contributed by atoms with E-state index in [2.05, 4.69) is 9.98 Å². The van der Waals surface area contributed by atoms with Gasteiger partial charge in [0.15, 0.2) is 0 Å². The fourth-order valence-electron chi connectivity index (χ4n) is 1.15. The third-order valence-electron chi connectivity index (χ3n) is 1.84. The van der Waals surface area contributed by atoms with Gasteiger partial charge in [-0.1, -0.05) is 13.0 Å². The molecule has 0 saturated heterocycles. The van der Waals surface area contributed by atoms with Crippen LogP contribution >= 0.6 is 11.3 Å². The first-order valence-electron chi connectivity index (χ1n) is 5.21. The Balaban J connectivity index is 2.93. The number of carbonyl (C=O) groups excluding carboxylic acids is 1. The van der Waals surface area contributed by atoms with Crippen molar-refractivity contribution in [1.82, 2.24) is 9.88 Å². The number of aromatic nitrogens is 1. The molecule has 0 aliphatic rings. The second-order valence-electron chi connectivity index (χ2n) is 3.61. The van der Waals surface area contributed by atoms with Crippen LogP contribution in [0.25, 0.3) is 5.57 Å². The van der Waals surface area contributed by atoms with Crippen LogP contribution in [-0.2, 0) is 4.79 Å². The maximum absolute atomic E-state index is 11.2. The van der Waals surface area contributed by atoms with E-state index in [-0.39, 0.29) is 0 Å². The van der Waals surface area contributed by atoms with E-state index in [4.69, 9.17) is 5.73 Å². The molecule has 1 aromatic heterocycles. The van der Waals surface area contributed by atoms with Gasteiger partial charge in [0.25, 0.3) is 5.91 Å². The van der Waals surface area contributed by atoms with Gasteiger partial charge < -0.3 is 10.6 Å². The zero-order chi connectivity index (χ0) is 12.8. The average molecular weight is 252 g/mol. The summed E-state index contributed by atoms with van der Waals surface area (Å²) in [5, 5.41) is 2.39. The van der Waals surface area contributed by atoms with Crippen LogP contribution in [0.2, 0.25) is 0 Å². The van der Waals surface area contributed by atoms with Crippen LogP contribution in [0.3, 0.4) is 0 Å². The number of primary amides is 1. The zero-order valence-corrected chi connectivity index (χ0v) is 11.0. The molecular weight excluding hydrogens is 236 g/mol. The first-order valence-corrected chi connectivity index (χ1v) is 6.09. The van der Waals surface area contributed by atoms with E-state index in [9.17, 15) is 4.79 Å². The van der Waals surface area contributed by atoms with Gasteiger partial charge in [-0.05, 0) is 6.42 Å². The normalized spacial score (nSPS) is 12.1. The predicted octanol–water partition coefficient (Wildman–Crippen LogP) is 1.64. The summed E-state index contributed by atoms with van der Waals surface area (Å²) in [4.78, 5) is 21.5. The summed E-state index contributed by atoms with van der Waals surface area (Å²) in [6, 6.07) is 0. The fraction of sp³-hybridized carbons (Fsp3) is 0.364. The van der Waals surface area contributed by atoms with E-state index < -0.39 is 5.91 Å². The number of aliphatic imine (C=N–C) groups is 1. The molecule has 0 aliphatic carbocycles. The van der Waals surface area contributed by atoms with E-state index in [0.29, 0.717) is 16.4 Å². The monoisotopic (exact) mass is 252 g/mol. The van der Waals surface area contributed by atoms with E-state index in [1.165, 1.54) is 11.3 Å².